The van der Waals surface area contributed by atoms with Crippen LogP contribution in [0.3, 0.4) is 0 Å². The van der Waals surface area contributed by atoms with Crippen LogP contribution < -0.4 is 5.32 Å². The number of likely N-dealkylation sites (N-methyl/N-ethyl adjacent to an activating group) is 1. The summed E-state index contributed by atoms with van der Waals surface area (Å²) in [6, 6.07) is 0. The van der Waals surface area contributed by atoms with Crippen LogP contribution in [0.1, 0.15) is 20.3 Å². The molecule has 0 radical (unpaired) electrons. The number of allylic oxidation sites excluding steroid dienone is 1. The minimum Gasteiger partial charge on any atom is -0.314 e. The molecule has 0 aliphatic heterocycles. The molecule has 58 valence electrons. The van der Waals surface area contributed by atoms with Gasteiger partial charge in [-0.15, -0.1) is 0 Å². The third-order valence-corrected chi connectivity index (χ3v) is 1.08. The Morgan fingerprint density at radius 3 is 2.70 bits per heavy atom. The van der Waals surface area contributed by atoms with E-state index in [1.807, 2.05) is 12.2 Å². The van der Waals surface area contributed by atoms with Crippen LogP contribution in [-0.2, 0) is 4.79 Å². The van der Waals surface area contributed by atoms with E-state index in [0.717, 1.165) is 13.1 Å². The van der Waals surface area contributed by atoms with Crippen molar-refractivity contribution in [2.24, 2.45) is 0 Å². The summed E-state index contributed by atoms with van der Waals surface area (Å²) in [7, 11) is 0. The smallest absolute Gasteiger partial charge is 0.133 e. The van der Waals surface area contributed by atoms with E-state index in [-0.39, 0.29) is 5.78 Å². The molecule has 0 saturated heterocycles. The van der Waals surface area contributed by atoms with Crippen molar-refractivity contribution >= 4 is 5.78 Å². The standard InChI is InChI=1S/C8H15NO/c1-3-9-7-5-4-6-8(2)10/h4-5,9H,3,6-7H2,1-2H3/b5-4+. The largest absolute Gasteiger partial charge is 0.314 e. The normalized spacial score (nSPS) is 10.6. The monoisotopic (exact) mass is 141 g/mol. The third-order valence-electron chi connectivity index (χ3n) is 1.08. The summed E-state index contributed by atoms with van der Waals surface area (Å²) in [5.74, 6) is 0.216. The number of carbonyl (C=O) groups is 1. The van der Waals surface area contributed by atoms with Gasteiger partial charge in [-0.3, -0.25) is 4.79 Å². The third kappa shape index (κ3) is 7.37. The average Bonchev–Trinajstić information content (AvgIpc) is 1.87. The van der Waals surface area contributed by atoms with Crippen molar-refractivity contribution in [3.63, 3.8) is 0 Å². The zero-order chi connectivity index (χ0) is 7.82. The van der Waals surface area contributed by atoms with Gasteiger partial charge in [-0.2, -0.15) is 0 Å². The molecule has 2 nitrogen and oxygen atoms in total. The van der Waals surface area contributed by atoms with E-state index in [1.165, 1.54) is 0 Å². The highest BCUT2D eigenvalue weighted by Gasteiger charge is 1.83. The number of ketones is 1. The maximum absolute atomic E-state index is 10.4. The molecule has 0 aromatic carbocycles. The van der Waals surface area contributed by atoms with E-state index in [1.54, 1.807) is 6.92 Å². The second-order valence-corrected chi connectivity index (χ2v) is 2.19. The average molecular weight is 141 g/mol. The van der Waals surface area contributed by atoms with Gasteiger partial charge in [-0.25, -0.2) is 0 Å². The summed E-state index contributed by atoms with van der Waals surface area (Å²) in [5.41, 5.74) is 0. The van der Waals surface area contributed by atoms with Crippen molar-refractivity contribution in [2.45, 2.75) is 20.3 Å². The molecule has 0 aromatic heterocycles. The first-order chi connectivity index (χ1) is 4.77. The van der Waals surface area contributed by atoms with Crippen molar-refractivity contribution in [1.29, 1.82) is 0 Å². The van der Waals surface area contributed by atoms with E-state index in [0.29, 0.717) is 6.42 Å². The van der Waals surface area contributed by atoms with Gasteiger partial charge in [-0.05, 0) is 13.5 Å². The first-order valence-corrected chi connectivity index (χ1v) is 3.62. The first kappa shape index (κ1) is 9.37. The number of nitrogens with one attached hydrogen (secondary N) is 1. The number of hydrogen-bond acceptors (Lipinski definition) is 2. The molecule has 0 spiro atoms. The summed E-state index contributed by atoms with van der Waals surface area (Å²) in [6.45, 7) is 5.49. The molecule has 1 N–H and O–H groups in total. The van der Waals surface area contributed by atoms with Crippen LogP contribution in [0.2, 0.25) is 0 Å². The van der Waals surface area contributed by atoms with Gasteiger partial charge in [0.15, 0.2) is 0 Å². The zero-order valence-electron chi connectivity index (χ0n) is 6.68. The van der Waals surface area contributed by atoms with E-state index in [9.17, 15) is 4.79 Å². The fourth-order valence-electron chi connectivity index (χ4n) is 0.560. The highest BCUT2D eigenvalue weighted by Crippen LogP contribution is 1.82. The molecule has 0 aliphatic rings. The molecule has 0 aliphatic carbocycles. The Kier molecular flexibility index (Phi) is 6.08. The minimum atomic E-state index is 0.216. The van der Waals surface area contributed by atoms with E-state index in [4.69, 9.17) is 0 Å². The Morgan fingerprint density at radius 1 is 1.50 bits per heavy atom. The summed E-state index contributed by atoms with van der Waals surface area (Å²) in [4.78, 5) is 10.4. The molecule has 0 saturated carbocycles. The molecular weight excluding hydrogens is 126 g/mol. The van der Waals surface area contributed by atoms with Crippen LogP contribution in [0.4, 0.5) is 0 Å². The Labute approximate surface area is 62.3 Å². The summed E-state index contributed by atoms with van der Waals surface area (Å²) in [6.07, 6.45) is 4.43. The van der Waals surface area contributed by atoms with Gasteiger partial charge in [0.05, 0.1) is 0 Å². The summed E-state index contributed by atoms with van der Waals surface area (Å²) >= 11 is 0. The molecule has 0 aromatic rings. The summed E-state index contributed by atoms with van der Waals surface area (Å²) < 4.78 is 0. The second-order valence-electron chi connectivity index (χ2n) is 2.19. The number of hydrogen-bond donors (Lipinski definition) is 1. The fourth-order valence-corrected chi connectivity index (χ4v) is 0.560. The van der Waals surface area contributed by atoms with Crippen molar-refractivity contribution in [3.05, 3.63) is 12.2 Å². The molecule has 0 amide bonds. The van der Waals surface area contributed by atoms with Crippen LogP contribution in [0.15, 0.2) is 12.2 Å². The van der Waals surface area contributed by atoms with Gasteiger partial charge >= 0.3 is 0 Å². The van der Waals surface area contributed by atoms with Crippen molar-refractivity contribution in [2.75, 3.05) is 13.1 Å². The Balaban J connectivity index is 3.12. The van der Waals surface area contributed by atoms with Crippen LogP contribution in [0, 0.1) is 0 Å². The van der Waals surface area contributed by atoms with Crippen molar-refractivity contribution in [3.8, 4) is 0 Å². The lowest BCUT2D eigenvalue weighted by Gasteiger charge is -1.91. The maximum Gasteiger partial charge on any atom is 0.133 e. The lowest BCUT2D eigenvalue weighted by atomic mass is 10.3. The molecular formula is C8H15NO. The predicted octanol–water partition coefficient (Wildman–Crippen LogP) is 1.13. The van der Waals surface area contributed by atoms with E-state index >= 15 is 0 Å². The van der Waals surface area contributed by atoms with E-state index in [2.05, 4.69) is 12.2 Å². The molecule has 2 heteroatoms. The van der Waals surface area contributed by atoms with Gasteiger partial charge in [0.25, 0.3) is 0 Å². The molecule has 10 heavy (non-hydrogen) atoms. The van der Waals surface area contributed by atoms with Crippen LogP contribution in [0.5, 0.6) is 0 Å². The van der Waals surface area contributed by atoms with Gasteiger partial charge in [-0.1, -0.05) is 19.1 Å². The molecule has 0 bridgehead atoms. The Hall–Kier alpha value is -0.630. The van der Waals surface area contributed by atoms with Crippen molar-refractivity contribution in [1.82, 2.24) is 5.32 Å². The van der Waals surface area contributed by atoms with Gasteiger partial charge in [0, 0.05) is 13.0 Å². The second kappa shape index (κ2) is 6.49. The van der Waals surface area contributed by atoms with Gasteiger partial charge in [0.1, 0.15) is 5.78 Å². The Morgan fingerprint density at radius 2 is 2.20 bits per heavy atom. The fraction of sp³-hybridized carbons (Fsp3) is 0.625. The van der Waals surface area contributed by atoms with Crippen molar-refractivity contribution < 1.29 is 4.79 Å². The quantitative estimate of drug-likeness (QED) is 0.459. The number of Topliss-reactive ketones (excluding diaryl/α,β-unsaturated/α-hetero) is 1. The molecule has 0 heterocycles. The Bertz CT molecular complexity index is 118. The molecule has 0 unspecified atom stereocenters. The van der Waals surface area contributed by atoms with Gasteiger partial charge in [0.2, 0.25) is 0 Å². The molecule has 0 atom stereocenters. The van der Waals surface area contributed by atoms with Crippen LogP contribution in [-0.4, -0.2) is 18.9 Å². The van der Waals surface area contributed by atoms with Gasteiger partial charge < -0.3 is 5.32 Å². The zero-order valence-corrected chi connectivity index (χ0v) is 6.68. The highest BCUT2D eigenvalue weighted by atomic mass is 16.1. The van der Waals surface area contributed by atoms with Crippen LogP contribution in [0.25, 0.3) is 0 Å². The lowest BCUT2D eigenvalue weighted by Crippen LogP contribution is -2.11. The first-order valence-electron chi connectivity index (χ1n) is 3.62. The maximum atomic E-state index is 10.4. The number of rotatable bonds is 5. The highest BCUT2D eigenvalue weighted by molar-refractivity contribution is 5.76. The summed E-state index contributed by atoms with van der Waals surface area (Å²) in [5, 5.41) is 3.12. The number of carbonyl (C=O) groups excluding carboxylic acids is 1. The lowest BCUT2D eigenvalue weighted by molar-refractivity contribution is -0.116. The van der Waals surface area contributed by atoms with Crippen LogP contribution >= 0.6 is 0 Å². The minimum absolute atomic E-state index is 0.216. The predicted molar refractivity (Wildman–Crippen MR) is 43.0 cm³/mol. The SMILES string of the molecule is CCNC/C=C/CC(C)=O. The van der Waals surface area contributed by atoms with E-state index < -0.39 is 0 Å². The topological polar surface area (TPSA) is 29.1 Å². The molecule has 0 rings (SSSR count). The molecule has 0 fully saturated rings.